The van der Waals surface area contributed by atoms with E-state index in [9.17, 15) is 9.59 Å². The molecule has 3 aromatic rings. The molecule has 0 aromatic heterocycles. The van der Waals surface area contributed by atoms with E-state index >= 15 is 0 Å². The Kier molecular flexibility index (Phi) is 13.7. The van der Waals surface area contributed by atoms with Gasteiger partial charge in [-0.1, -0.05) is 11.6 Å². The van der Waals surface area contributed by atoms with Gasteiger partial charge in [-0.25, -0.2) is 9.59 Å². The van der Waals surface area contributed by atoms with Crippen LogP contribution in [0.4, 0.5) is 0 Å². The second-order valence-corrected chi connectivity index (χ2v) is 10.7. The summed E-state index contributed by atoms with van der Waals surface area (Å²) in [6.07, 6.45) is 4.34. The van der Waals surface area contributed by atoms with Crippen molar-refractivity contribution in [3.63, 3.8) is 0 Å². The Morgan fingerprint density at radius 3 is 1.70 bits per heavy atom. The molecule has 0 atom stereocenters. The molecule has 0 saturated heterocycles. The number of ether oxygens (including phenoxy) is 4. The Labute approximate surface area is 259 Å². The lowest BCUT2D eigenvalue weighted by Crippen LogP contribution is -2.12. The summed E-state index contributed by atoms with van der Waals surface area (Å²) in [5, 5.41) is 19.0. The lowest BCUT2D eigenvalue weighted by molar-refractivity contribution is 0.0675. The maximum atomic E-state index is 11.2. The molecule has 0 spiro atoms. The lowest BCUT2D eigenvalue weighted by atomic mass is 9.92. The molecule has 3 rings (SSSR count). The second-order valence-electron chi connectivity index (χ2n) is 10.3. The number of hydrogen-bond donors (Lipinski definition) is 2. The summed E-state index contributed by atoms with van der Waals surface area (Å²) in [4.78, 5) is 22.3. The molecule has 43 heavy (non-hydrogen) atoms. The van der Waals surface area contributed by atoms with Crippen molar-refractivity contribution in [1.29, 1.82) is 0 Å². The highest BCUT2D eigenvalue weighted by molar-refractivity contribution is 6.30. The molecule has 9 heteroatoms. The van der Waals surface area contributed by atoms with E-state index in [2.05, 4.69) is 26.8 Å². The van der Waals surface area contributed by atoms with Crippen LogP contribution in [-0.2, 0) is 0 Å². The van der Waals surface area contributed by atoms with Crippen LogP contribution in [0.1, 0.15) is 79.8 Å². The number of halogens is 1. The van der Waals surface area contributed by atoms with Gasteiger partial charge in [-0.2, -0.15) is 0 Å². The van der Waals surface area contributed by atoms with E-state index in [1.807, 2.05) is 24.3 Å². The van der Waals surface area contributed by atoms with Crippen LogP contribution in [0.2, 0.25) is 5.02 Å². The van der Waals surface area contributed by atoms with Crippen LogP contribution in [0.3, 0.4) is 0 Å². The van der Waals surface area contributed by atoms with Crippen LogP contribution < -0.4 is 18.9 Å². The van der Waals surface area contributed by atoms with Crippen molar-refractivity contribution in [3.8, 4) is 23.0 Å². The summed E-state index contributed by atoms with van der Waals surface area (Å²) in [6, 6.07) is 9.56. The summed E-state index contributed by atoms with van der Waals surface area (Å²) in [7, 11) is 3.03. The molecule has 234 valence electrons. The van der Waals surface area contributed by atoms with Gasteiger partial charge in [0.2, 0.25) is 0 Å². The Bertz CT molecular complexity index is 1410. The minimum absolute atomic E-state index is 0.0208. The van der Waals surface area contributed by atoms with Gasteiger partial charge in [0.1, 0.15) is 28.6 Å². The summed E-state index contributed by atoms with van der Waals surface area (Å²) in [5.41, 5.74) is 4.79. The molecule has 0 saturated carbocycles. The Hall–Kier alpha value is -3.91. The molecule has 0 amide bonds. The Balaban J connectivity index is 0.000000329. The van der Waals surface area contributed by atoms with Gasteiger partial charge < -0.3 is 29.2 Å². The van der Waals surface area contributed by atoms with Gasteiger partial charge in [0.15, 0.2) is 0 Å². The number of aromatic carboxylic acids is 2. The number of benzene rings is 3. The van der Waals surface area contributed by atoms with Crippen LogP contribution in [0.5, 0.6) is 23.0 Å². The zero-order valence-electron chi connectivity index (χ0n) is 26.4. The molecular weight excluding hydrogens is 572 g/mol. The highest BCUT2D eigenvalue weighted by Gasteiger charge is 2.25. The molecule has 0 fully saturated rings. The molecule has 2 N–H and O–H groups in total. The fraction of sp³-hybridized carbons (Fsp3) is 0.412. The smallest absolute Gasteiger partial charge is 0.339 e. The van der Waals surface area contributed by atoms with Crippen LogP contribution in [0, 0.1) is 41.5 Å². The maximum Gasteiger partial charge on any atom is 0.339 e. The third kappa shape index (κ3) is 9.29. The molecular formula is C34H43ClO8. The van der Waals surface area contributed by atoms with Crippen molar-refractivity contribution >= 4 is 23.5 Å². The Morgan fingerprint density at radius 1 is 0.651 bits per heavy atom. The summed E-state index contributed by atoms with van der Waals surface area (Å²) >= 11 is 5.86. The number of hydrogen-bond acceptors (Lipinski definition) is 6. The molecule has 0 radical (unpaired) electrons. The van der Waals surface area contributed by atoms with Crippen molar-refractivity contribution < 1.29 is 38.7 Å². The van der Waals surface area contributed by atoms with Crippen molar-refractivity contribution in [2.45, 2.75) is 67.2 Å². The molecule has 0 aliphatic heterocycles. The van der Waals surface area contributed by atoms with Gasteiger partial charge in [0, 0.05) is 16.1 Å². The first-order valence-electron chi connectivity index (χ1n) is 14.2. The third-order valence-corrected chi connectivity index (χ3v) is 7.72. The first kappa shape index (κ1) is 35.3. The highest BCUT2D eigenvalue weighted by Crippen LogP contribution is 2.34. The number of carboxylic acids is 2. The average Bonchev–Trinajstić information content (AvgIpc) is 2.96. The molecule has 3 aromatic carbocycles. The first-order valence-corrected chi connectivity index (χ1v) is 14.5. The number of rotatable bonds is 13. The SMILES string of the molecule is COc1c(C)c(C(=O)O)c(C)c(C)c1C(=O)O.COc1cc(C)c(C)c(OCCCCCCOc2ccc(Cl)cc2)c1C. The quantitative estimate of drug-likeness (QED) is 0.185. The van der Waals surface area contributed by atoms with Gasteiger partial charge in [-0.3, -0.25) is 0 Å². The fourth-order valence-corrected chi connectivity index (χ4v) is 4.95. The summed E-state index contributed by atoms with van der Waals surface area (Å²) in [6.45, 7) is 12.4. The predicted molar refractivity (Wildman–Crippen MR) is 169 cm³/mol. The van der Waals surface area contributed by atoms with E-state index in [4.69, 9.17) is 40.8 Å². The number of carboxylic acid groups (broad SMARTS) is 2. The monoisotopic (exact) mass is 614 g/mol. The number of carbonyl (C=O) groups is 2. The van der Waals surface area contributed by atoms with Gasteiger partial charge in [-0.15, -0.1) is 0 Å². The number of unbranched alkanes of at least 4 members (excludes halogenated alkanes) is 3. The minimum atomic E-state index is -1.12. The minimum Gasteiger partial charge on any atom is -0.496 e. The molecule has 0 heterocycles. The normalized spacial score (nSPS) is 10.4. The molecule has 0 aliphatic rings. The Morgan fingerprint density at radius 2 is 1.19 bits per heavy atom. The molecule has 8 nitrogen and oxygen atoms in total. The van der Waals surface area contributed by atoms with Gasteiger partial charge in [-0.05, 0) is 120 Å². The number of aryl methyl sites for hydroxylation is 1. The van der Waals surface area contributed by atoms with Gasteiger partial charge in [0.05, 0.1) is 33.0 Å². The van der Waals surface area contributed by atoms with Crippen molar-refractivity contribution in [2.24, 2.45) is 0 Å². The van der Waals surface area contributed by atoms with Gasteiger partial charge in [0.25, 0.3) is 0 Å². The zero-order valence-corrected chi connectivity index (χ0v) is 27.1. The predicted octanol–water partition coefficient (Wildman–Crippen LogP) is 8.31. The third-order valence-electron chi connectivity index (χ3n) is 7.46. The van der Waals surface area contributed by atoms with Gasteiger partial charge >= 0.3 is 11.9 Å². The van der Waals surface area contributed by atoms with Crippen LogP contribution >= 0.6 is 11.6 Å². The van der Waals surface area contributed by atoms with Crippen LogP contribution in [0.15, 0.2) is 30.3 Å². The van der Waals surface area contributed by atoms with Crippen molar-refractivity contribution in [3.05, 3.63) is 79.9 Å². The van der Waals surface area contributed by atoms with E-state index in [0.717, 1.165) is 66.7 Å². The van der Waals surface area contributed by atoms with Crippen LogP contribution in [-0.4, -0.2) is 49.6 Å². The fourth-order valence-electron chi connectivity index (χ4n) is 4.83. The highest BCUT2D eigenvalue weighted by atomic mass is 35.5. The first-order chi connectivity index (χ1) is 20.3. The standard InChI is InChI=1S/C22H29ClO3.C12H14O5/c1-16-15-21(24-4)18(3)22(17(16)2)26-14-8-6-5-7-13-25-20-11-9-19(23)10-12-20;1-5-6(2)9(12(15)16)10(17-4)7(3)8(5)11(13)14/h9-12,15H,5-8,13-14H2,1-4H3;1-4H3,(H,13,14)(H,15,16). The summed E-state index contributed by atoms with van der Waals surface area (Å²) in [5.74, 6) is 0.631. The van der Waals surface area contributed by atoms with E-state index in [1.165, 1.54) is 18.2 Å². The van der Waals surface area contributed by atoms with Crippen LogP contribution in [0.25, 0.3) is 0 Å². The van der Waals surface area contributed by atoms with E-state index in [0.29, 0.717) is 16.7 Å². The number of methoxy groups -OCH3 is 2. The lowest BCUT2D eigenvalue weighted by Gasteiger charge is -2.17. The largest absolute Gasteiger partial charge is 0.496 e. The summed E-state index contributed by atoms with van der Waals surface area (Å²) < 4.78 is 22.2. The zero-order chi connectivity index (χ0) is 32.3. The maximum absolute atomic E-state index is 11.2. The van der Waals surface area contributed by atoms with E-state index in [1.54, 1.807) is 27.9 Å². The molecule has 0 unspecified atom stereocenters. The van der Waals surface area contributed by atoms with Crippen molar-refractivity contribution in [2.75, 3.05) is 27.4 Å². The van der Waals surface area contributed by atoms with E-state index in [-0.39, 0.29) is 16.9 Å². The molecule has 0 bridgehead atoms. The van der Waals surface area contributed by atoms with Crippen molar-refractivity contribution in [1.82, 2.24) is 0 Å². The average molecular weight is 615 g/mol. The topological polar surface area (TPSA) is 112 Å². The second kappa shape index (κ2) is 16.7. The van der Waals surface area contributed by atoms with E-state index < -0.39 is 11.9 Å². The molecule has 0 aliphatic carbocycles.